The zero-order valence-corrected chi connectivity index (χ0v) is 31.5. The number of aromatic nitrogens is 4. The van der Waals surface area contributed by atoms with Crippen LogP contribution in [0.3, 0.4) is 0 Å². The molecule has 55 heavy (non-hydrogen) atoms. The molecule has 0 N–H and O–H groups in total. The van der Waals surface area contributed by atoms with Crippen molar-refractivity contribution < 1.29 is 4.42 Å². The largest absolute Gasteiger partial charge is 0.456 e. The summed E-state index contributed by atoms with van der Waals surface area (Å²) >= 11 is 0. The van der Waals surface area contributed by atoms with Crippen LogP contribution in [0, 0.1) is 0 Å². The number of fused-ring (bicyclic) bond motifs is 6. The van der Waals surface area contributed by atoms with Gasteiger partial charge in [-0.2, -0.15) is 0 Å². The minimum atomic E-state index is 0.618. The van der Waals surface area contributed by atoms with E-state index in [9.17, 15) is 0 Å². The van der Waals surface area contributed by atoms with E-state index in [0.29, 0.717) is 17.5 Å². The van der Waals surface area contributed by atoms with Crippen molar-refractivity contribution >= 4 is 110 Å². The van der Waals surface area contributed by atoms with Crippen LogP contribution in [0.5, 0.6) is 0 Å². The van der Waals surface area contributed by atoms with E-state index in [-0.39, 0.29) is 0 Å². The molecule has 0 saturated carbocycles. The lowest BCUT2D eigenvalue weighted by Crippen LogP contribution is -2.55. The quantitative estimate of drug-likeness (QED) is 0.260. The van der Waals surface area contributed by atoms with Crippen molar-refractivity contribution in [2.45, 2.75) is 0 Å². The van der Waals surface area contributed by atoms with E-state index in [0.717, 1.165) is 55.3 Å². The van der Waals surface area contributed by atoms with Crippen molar-refractivity contribution in [2.24, 2.45) is 0 Å². The highest BCUT2D eigenvalue weighted by Crippen LogP contribution is 2.39. The van der Waals surface area contributed by atoms with Gasteiger partial charge in [0.05, 0.1) is 11.0 Å². The summed E-state index contributed by atoms with van der Waals surface area (Å²) in [6, 6.07) is 48.8. The highest BCUT2D eigenvalue weighted by Gasteiger charge is 2.22. The monoisotopic (exact) mass is 700 g/mol. The summed E-state index contributed by atoms with van der Waals surface area (Å²) in [7, 11) is 10.9. The molecular weight excluding hydrogens is 667 g/mol. The van der Waals surface area contributed by atoms with Gasteiger partial charge in [-0.1, -0.05) is 108 Å². The Morgan fingerprint density at radius 2 is 1.05 bits per heavy atom. The highest BCUT2D eigenvalue weighted by atomic mass is 16.3. The lowest BCUT2D eigenvalue weighted by molar-refractivity contribution is 0.668. The van der Waals surface area contributed by atoms with Crippen LogP contribution >= 0.6 is 0 Å². The van der Waals surface area contributed by atoms with Crippen LogP contribution in [0.2, 0.25) is 0 Å². The fourth-order valence-electron chi connectivity index (χ4n) is 8.36. The Kier molecular flexibility index (Phi) is 7.70. The Balaban J connectivity index is 1.17. The molecule has 0 radical (unpaired) electrons. The van der Waals surface area contributed by atoms with E-state index in [4.69, 9.17) is 19.4 Å². The van der Waals surface area contributed by atoms with Crippen LogP contribution in [-0.2, 0) is 0 Å². The second kappa shape index (κ2) is 12.8. The van der Waals surface area contributed by atoms with E-state index < -0.39 is 0 Å². The number of benzene rings is 7. The first-order valence-corrected chi connectivity index (χ1v) is 18.8. The molecule has 0 aliphatic carbocycles. The summed E-state index contributed by atoms with van der Waals surface area (Å²) in [6.07, 6.45) is 0. The molecule has 0 bridgehead atoms. The summed E-state index contributed by atoms with van der Waals surface area (Å²) in [4.78, 5) is 15.5. The van der Waals surface area contributed by atoms with Crippen LogP contribution in [0.15, 0.2) is 144 Å². The molecular formula is C45H33B5N4O. The van der Waals surface area contributed by atoms with Gasteiger partial charge in [0.25, 0.3) is 0 Å². The number of hydrogen-bond donors (Lipinski definition) is 0. The smallest absolute Gasteiger partial charge is 0.164 e. The predicted molar refractivity (Wildman–Crippen MR) is 244 cm³/mol. The average molecular weight is 700 g/mol. The van der Waals surface area contributed by atoms with Crippen molar-refractivity contribution in [2.75, 3.05) is 0 Å². The van der Waals surface area contributed by atoms with E-state index in [1.165, 1.54) is 49.2 Å². The molecule has 0 spiro atoms. The molecule has 0 aliphatic heterocycles. The first kappa shape index (κ1) is 33.1. The van der Waals surface area contributed by atoms with E-state index >= 15 is 0 Å². The number of hydrogen-bond acceptors (Lipinski definition) is 4. The Hall–Kier alpha value is -6.53. The molecule has 0 fully saturated rings. The first-order chi connectivity index (χ1) is 26.9. The fraction of sp³-hybridized carbons (Fsp3) is 0. The van der Waals surface area contributed by atoms with E-state index in [2.05, 4.69) is 153 Å². The van der Waals surface area contributed by atoms with Crippen molar-refractivity contribution in [3.63, 3.8) is 0 Å². The SMILES string of the molecule is Bc1c(B)c(B)c(-c2nc(-c3ccccc3)nc(-c3cccc4oc5cc(-n6c7ccccc7c7cc(-c8ccccc8)ccc76)ccc5c34)n2)c(B)c1B. The van der Waals surface area contributed by atoms with Crippen molar-refractivity contribution in [3.8, 4) is 51.0 Å². The van der Waals surface area contributed by atoms with Gasteiger partial charge in [-0.3, -0.25) is 0 Å². The number of furan rings is 1. The molecule has 7 aromatic carbocycles. The molecule has 10 aromatic rings. The molecule has 5 nitrogen and oxygen atoms in total. The maximum atomic E-state index is 6.68. The summed E-state index contributed by atoms with van der Waals surface area (Å²) in [6.45, 7) is 0. The fourth-order valence-corrected chi connectivity index (χ4v) is 8.36. The van der Waals surface area contributed by atoms with Crippen LogP contribution < -0.4 is 27.3 Å². The van der Waals surface area contributed by atoms with Gasteiger partial charge in [0, 0.05) is 50.0 Å². The standard InChI is InChI=1S/C45H33B5N4O/c46-38-37(39(47)41(49)42(50)40(38)48)45-52-43(25-12-5-2-6-13-25)51-44(53-45)30-15-9-17-34-36(30)29-20-19-27(23-35(29)55-34)54-32-16-8-7-14-28(32)31-22-26(18-21-33(31)54)24-10-3-1-4-11-24/h1-23H,46-50H2. The second-order valence-electron chi connectivity index (χ2n) is 14.6. The molecule has 0 aliphatic rings. The zero-order valence-electron chi connectivity index (χ0n) is 31.5. The van der Waals surface area contributed by atoms with Gasteiger partial charge in [0.15, 0.2) is 17.5 Å². The van der Waals surface area contributed by atoms with Crippen molar-refractivity contribution in [1.29, 1.82) is 0 Å². The highest BCUT2D eigenvalue weighted by molar-refractivity contribution is 6.68. The minimum Gasteiger partial charge on any atom is -0.456 e. The maximum absolute atomic E-state index is 6.68. The average Bonchev–Trinajstić information content (AvgIpc) is 3.78. The zero-order chi connectivity index (χ0) is 37.4. The maximum Gasteiger partial charge on any atom is 0.164 e. The number of nitrogens with zero attached hydrogens (tertiary/aromatic N) is 4. The van der Waals surface area contributed by atoms with E-state index in [1.807, 2.05) is 30.3 Å². The summed E-state index contributed by atoms with van der Waals surface area (Å²) in [5, 5.41) is 4.43. The summed E-state index contributed by atoms with van der Waals surface area (Å²) in [5.74, 6) is 1.94. The van der Waals surface area contributed by atoms with Gasteiger partial charge < -0.3 is 8.98 Å². The van der Waals surface area contributed by atoms with Crippen LogP contribution in [0.1, 0.15) is 0 Å². The third-order valence-electron chi connectivity index (χ3n) is 11.7. The summed E-state index contributed by atoms with van der Waals surface area (Å²) < 4.78 is 9.02. The number of para-hydroxylation sites is 1. The molecule has 0 amide bonds. The van der Waals surface area contributed by atoms with Crippen molar-refractivity contribution in [3.05, 3.63) is 140 Å². The van der Waals surface area contributed by atoms with Gasteiger partial charge in [0.1, 0.15) is 50.4 Å². The van der Waals surface area contributed by atoms with Crippen LogP contribution in [0.4, 0.5) is 0 Å². The van der Waals surface area contributed by atoms with Gasteiger partial charge in [-0.25, -0.2) is 15.0 Å². The minimum absolute atomic E-state index is 0.618. The molecule has 10 heteroatoms. The van der Waals surface area contributed by atoms with E-state index in [1.54, 1.807) is 0 Å². The molecule has 0 saturated heterocycles. The Bertz CT molecular complexity index is 3130. The van der Waals surface area contributed by atoms with Gasteiger partial charge in [-0.15, -0.1) is 16.4 Å². The molecule has 254 valence electrons. The van der Waals surface area contributed by atoms with Crippen LogP contribution in [0.25, 0.3) is 94.7 Å². The van der Waals surface area contributed by atoms with Crippen molar-refractivity contribution in [1.82, 2.24) is 19.5 Å². The predicted octanol–water partition coefficient (Wildman–Crippen LogP) is 2.83. The third kappa shape index (κ3) is 5.27. The van der Waals surface area contributed by atoms with Gasteiger partial charge >= 0.3 is 0 Å². The molecule has 0 atom stereocenters. The Labute approximate surface area is 323 Å². The number of rotatable bonds is 5. The molecule has 3 aromatic heterocycles. The first-order valence-electron chi connectivity index (χ1n) is 18.8. The molecule has 3 heterocycles. The Morgan fingerprint density at radius 3 is 1.82 bits per heavy atom. The summed E-state index contributed by atoms with van der Waals surface area (Å²) in [5.41, 5.74) is 16.5. The molecule has 0 unspecified atom stereocenters. The second-order valence-corrected chi connectivity index (χ2v) is 14.6. The van der Waals surface area contributed by atoms with Crippen LogP contribution in [-0.4, -0.2) is 58.8 Å². The normalized spacial score (nSPS) is 11.6. The lowest BCUT2D eigenvalue weighted by atomic mass is 9.60. The lowest BCUT2D eigenvalue weighted by Gasteiger charge is -2.20. The van der Waals surface area contributed by atoms with Gasteiger partial charge in [0.2, 0.25) is 0 Å². The topological polar surface area (TPSA) is 56.7 Å². The third-order valence-corrected chi connectivity index (χ3v) is 11.7. The van der Waals surface area contributed by atoms with Gasteiger partial charge in [-0.05, 0) is 47.5 Å². The Morgan fingerprint density at radius 1 is 0.418 bits per heavy atom. The molecule has 10 rings (SSSR count).